The standard InChI is InChI=1S/C60H44N2O2/c63-59-47(37-45-29-13-15-33-51(45)55(59)53-35-19-17-31-49(53)41-21-5-1-6-22-41)39-61-57(43-25-9-3-10-26-43)58(44-27-11-4-12-28-44)62-40-48-38-46-30-14-16-34-52(46)56(60(48)64)54-36-20-18-32-50(54)42-23-7-2-8-24-42/h1-40,57-58,63-64H/t57-,58-/m0/s1. The van der Waals surface area contributed by atoms with E-state index in [0.29, 0.717) is 11.1 Å². The van der Waals surface area contributed by atoms with Crippen molar-refractivity contribution in [3.8, 4) is 56.0 Å². The van der Waals surface area contributed by atoms with Crippen LogP contribution in [-0.2, 0) is 0 Å². The van der Waals surface area contributed by atoms with Crippen LogP contribution in [0, 0.1) is 0 Å². The highest BCUT2D eigenvalue weighted by atomic mass is 16.3. The van der Waals surface area contributed by atoms with Crippen molar-refractivity contribution >= 4 is 34.0 Å². The zero-order chi connectivity index (χ0) is 43.2. The van der Waals surface area contributed by atoms with Crippen LogP contribution in [0.3, 0.4) is 0 Å². The quantitative estimate of drug-likeness (QED) is 0.128. The Kier molecular flexibility index (Phi) is 11.2. The molecule has 4 nitrogen and oxygen atoms in total. The van der Waals surface area contributed by atoms with Crippen molar-refractivity contribution in [3.63, 3.8) is 0 Å². The van der Waals surface area contributed by atoms with Gasteiger partial charge in [-0.1, -0.05) is 218 Å². The summed E-state index contributed by atoms with van der Waals surface area (Å²) in [5, 5.41) is 28.7. The lowest BCUT2D eigenvalue weighted by Gasteiger charge is -2.23. The highest BCUT2D eigenvalue weighted by molar-refractivity contribution is 6.09. The fraction of sp³-hybridized carbons (Fsp3) is 0.0333. The molecule has 0 aliphatic rings. The first-order valence-electron chi connectivity index (χ1n) is 21.6. The van der Waals surface area contributed by atoms with Crippen LogP contribution in [0.15, 0.2) is 241 Å². The zero-order valence-corrected chi connectivity index (χ0v) is 35.0. The molecule has 10 rings (SSSR count). The molecule has 0 heterocycles. The van der Waals surface area contributed by atoms with Crippen LogP contribution in [0.4, 0.5) is 0 Å². The summed E-state index contributed by atoms with van der Waals surface area (Å²) in [5.74, 6) is 0.309. The van der Waals surface area contributed by atoms with E-state index in [0.717, 1.165) is 77.2 Å². The fourth-order valence-electron chi connectivity index (χ4n) is 8.92. The minimum Gasteiger partial charge on any atom is -0.507 e. The summed E-state index contributed by atoms with van der Waals surface area (Å²) in [6.45, 7) is 0. The van der Waals surface area contributed by atoms with Crippen LogP contribution in [0.25, 0.3) is 66.1 Å². The summed E-state index contributed by atoms with van der Waals surface area (Å²) in [5.41, 5.74) is 10.7. The van der Waals surface area contributed by atoms with Crippen LogP contribution in [0.1, 0.15) is 34.3 Å². The summed E-state index contributed by atoms with van der Waals surface area (Å²) in [4.78, 5) is 10.7. The number of nitrogens with zero attached hydrogens (tertiary/aromatic N) is 2. The molecule has 4 heteroatoms. The Morgan fingerprint density at radius 1 is 0.328 bits per heavy atom. The minimum absolute atomic E-state index is 0.154. The van der Waals surface area contributed by atoms with E-state index in [1.165, 1.54) is 0 Å². The van der Waals surface area contributed by atoms with Crippen molar-refractivity contribution in [2.45, 2.75) is 12.1 Å². The van der Waals surface area contributed by atoms with Gasteiger partial charge in [0.25, 0.3) is 0 Å². The average molecular weight is 825 g/mol. The van der Waals surface area contributed by atoms with E-state index in [4.69, 9.17) is 9.98 Å². The fourth-order valence-corrected chi connectivity index (χ4v) is 8.92. The van der Waals surface area contributed by atoms with Crippen LogP contribution in [0.2, 0.25) is 0 Å². The lowest BCUT2D eigenvalue weighted by molar-refractivity contribution is 0.476. The molecule has 10 aromatic carbocycles. The average Bonchev–Trinajstić information content (AvgIpc) is 3.36. The molecule has 10 aromatic rings. The summed E-state index contributed by atoms with van der Waals surface area (Å²) in [7, 11) is 0. The number of benzene rings is 10. The Morgan fingerprint density at radius 3 is 1.03 bits per heavy atom. The van der Waals surface area contributed by atoms with Gasteiger partial charge in [-0.2, -0.15) is 0 Å². The smallest absolute Gasteiger partial charge is 0.132 e. The number of rotatable bonds is 11. The van der Waals surface area contributed by atoms with E-state index in [1.807, 2.05) is 133 Å². The van der Waals surface area contributed by atoms with Crippen LogP contribution >= 0.6 is 0 Å². The number of hydrogen-bond acceptors (Lipinski definition) is 4. The van der Waals surface area contributed by atoms with Crippen LogP contribution in [0.5, 0.6) is 11.5 Å². The van der Waals surface area contributed by atoms with Gasteiger partial charge in [-0.3, -0.25) is 9.98 Å². The molecular weight excluding hydrogens is 781 g/mol. The molecule has 2 atom stereocenters. The highest BCUT2D eigenvalue weighted by Crippen LogP contribution is 2.45. The van der Waals surface area contributed by atoms with Crippen LogP contribution < -0.4 is 0 Å². The van der Waals surface area contributed by atoms with E-state index in [1.54, 1.807) is 12.4 Å². The lowest BCUT2D eigenvalue weighted by Crippen LogP contribution is -2.09. The Balaban J connectivity index is 1.12. The van der Waals surface area contributed by atoms with Crippen molar-refractivity contribution in [1.82, 2.24) is 0 Å². The maximum atomic E-state index is 12.4. The maximum absolute atomic E-state index is 12.4. The van der Waals surface area contributed by atoms with Gasteiger partial charge in [0.15, 0.2) is 0 Å². The monoisotopic (exact) mass is 824 g/mol. The molecule has 0 fully saturated rings. The molecule has 0 unspecified atom stereocenters. The Labute approximate surface area is 373 Å². The molecule has 0 bridgehead atoms. The largest absolute Gasteiger partial charge is 0.507 e. The summed E-state index contributed by atoms with van der Waals surface area (Å²) in [6, 6.07) is 76.7. The van der Waals surface area contributed by atoms with Gasteiger partial charge in [-0.25, -0.2) is 0 Å². The number of hydrogen-bond donors (Lipinski definition) is 2. The minimum atomic E-state index is -0.508. The SMILES string of the molecule is Oc1c(C=N[C@@H](c2ccccc2)[C@@H](N=Cc2cc3ccccc3c(-c3ccccc3-c3ccccc3)c2O)c2ccccc2)cc2ccccc2c1-c1ccccc1-c1ccccc1. The van der Waals surface area contributed by atoms with Gasteiger partial charge in [0.05, 0.1) is 0 Å². The second-order valence-corrected chi connectivity index (χ2v) is 15.9. The molecule has 0 saturated carbocycles. The van der Waals surface area contributed by atoms with Crippen molar-refractivity contribution in [3.05, 3.63) is 253 Å². The van der Waals surface area contributed by atoms with Crippen molar-refractivity contribution in [1.29, 1.82) is 0 Å². The van der Waals surface area contributed by atoms with Crippen molar-refractivity contribution < 1.29 is 10.2 Å². The first-order valence-corrected chi connectivity index (χ1v) is 21.6. The van der Waals surface area contributed by atoms with Gasteiger partial charge >= 0.3 is 0 Å². The molecule has 0 aliphatic carbocycles. The molecule has 64 heavy (non-hydrogen) atoms. The molecule has 0 aromatic heterocycles. The lowest BCUT2D eigenvalue weighted by atomic mass is 9.89. The molecule has 0 amide bonds. The first-order chi connectivity index (χ1) is 31.6. The third-order valence-electron chi connectivity index (χ3n) is 12.0. The van der Waals surface area contributed by atoms with Gasteiger partial charge in [0, 0.05) is 34.7 Å². The number of fused-ring (bicyclic) bond motifs is 2. The Hall–Kier alpha value is -8.34. The van der Waals surface area contributed by atoms with Gasteiger partial charge < -0.3 is 10.2 Å². The van der Waals surface area contributed by atoms with E-state index in [9.17, 15) is 10.2 Å². The highest BCUT2D eigenvalue weighted by Gasteiger charge is 2.25. The number of phenols is 2. The van der Waals surface area contributed by atoms with Crippen molar-refractivity contribution in [2.24, 2.45) is 9.98 Å². The van der Waals surface area contributed by atoms with Gasteiger partial charge in [0.1, 0.15) is 23.6 Å². The molecule has 2 N–H and O–H groups in total. The molecular formula is C60H44N2O2. The van der Waals surface area contributed by atoms with Gasteiger partial charge in [-0.05, 0) is 78.2 Å². The third kappa shape index (κ3) is 7.85. The molecule has 0 aliphatic heterocycles. The zero-order valence-electron chi connectivity index (χ0n) is 35.0. The number of phenolic OH excluding ortho intramolecular Hbond substituents is 2. The topological polar surface area (TPSA) is 65.2 Å². The molecule has 0 spiro atoms. The molecule has 306 valence electrons. The molecule has 0 radical (unpaired) electrons. The third-order valence-corrected chi connectivity index (χ3v) is 12.0. The van der Waals surface area contributed by atoms with E-state index in [-0.39, 0.29) is 11.5 Å². The van der Waals surface area contributed by atoms with E-state index in [2.05, 4.69) is 97.1 Å². The maximum Gasteiger partial charge on any atom is 0.132 e. The Morgan fingerprint density at radius 2 is 0.641 bits per heavy atom. The van der Waals surface area contributed by atoms with Gasteiger partial charge in [-0.15, -0.1) is 0 Å². The number of aliphatic imine (C=N–C) groups is 2. The van der Waals surface area contributed by atoms with Crippen LogP contribution in [-0.4, -0.2) is 22.6 Å². The second-order valence-electron chi connectivity index (χ2n) is 15.9. The predicted octanol–water partition coefficient (Wildman–Crippen LogP) is 15.1. The van der Waals surface area contributed by atoms with Crippen molar-refractivity contribution in [2.75, 3.05) is 0 Å². The normalized spacial score (nSPS) is 12.6. The Bertz CT molecular complexity index is 3070. The van der Waals surface area contributed by atoms with E-state index >= 15 is 0 Å². The summed E-state index contributed by atoms with van der Waals surface area (Å²) >= 11 is 0. The number of aromatic hydroxyl groups is 2. The summed E-state index contributed by atoms with van der Waals surface area (Å²) < 4.78 is 0. The van der Waals surface area contributed by atoms with E-state index < -0.39 is 12.1 Å². The predicted molar refractivity (Wildman–Crippen MR) is 267 cm³/mol. The first kappa shape index (κ1) is 39.8. The second kappa shape index (κ2) is 17.9. The molecule has 0 saturated heterocycles. The van der Waals surface area contributed by atoms with Gasteiger partial charge in [0.2, 0.25) is 0 Å². The summed E-state index contributed by atoms with van der Waals surface area (Å²) in [6.07, 6.45) is 3.59.